The lowest BCUT2D eigenvalue weighted by Crippen LogP contribution is -2.52. The van der Waals surface area contributed by atoms with Crippen LogP contribution in [0.15, 0.2) is 6.07 Å². The van der Waals surface area contributed by atoms with Gasteiger partial charge < -0.3 is 20.7 Å². The Bertz CT molecular complexity index is 995. The summed E-state index contributed by atoms with van der Waals surface area (Å²) < 4.78 is 43.8. The van der Waals surface area contributed by atoms with Crippen LogP contribution < -0.4 is 16.0 Å². The van der Waals surface area contributed by atoms with E-state index in [1.54, 1.807) is 0 Å². The highest BCUT2D eigenvalue weighted by atomic mass is 32.1. The van der Waals surface area contributed by atoms with Gasteiger partial charge in [0.1, 0.15) is 16.2 Å². The average molecular weight is 458 g/mol. The first-order valence-corrected chi connectivity index (χ1v) is 11.0. The van der Waals surface area contributed by atoms with Gasteiger partial charge in [0.15, 0.2) is 0 Å². The summed E-state index contributed by atoms with van der Waals surface area (Å²) in [7, 11) is 0. The molecule has 0 bridgehead atoms. The number of carbonyl (C=O) groups excluding carboxylic acids is 1. The number of hydrogen-bond acceptors (Lipinski definition) is 7. The number of alkyl halides is 3. The molecule has 1 aliphatic heterocycles. The number of nitrogen functional groups attached to an aromatic ring is 1. The van der Waals surface area contributed by atoms with Gasteiger partial charge in [-0.05, 0) is 51.5 Å². The minimum absolute atomic E-state index is 0.0521. The largest absolute Gasteiger partial charge is 0.444 e. The second-order valence-electron chi connectivity index (χ2n) is 9.55. The molecule has 4 rings (SSSR count). The highest BCUT2D eigenvalue weighted by Gasteiger charge is 2.49. The van der Waals surface area contributed by atoms with Gasteiger partial charge in [0, 0.05) is 24.0 Å². The van der Waals surface area contributed by atoms with Crippen molar-refractivity contribution < 1.29 is 22.7 Å². The van der Waals surface area contributed by atoms with E-state index in [2.05, 4.69) is 20.2 Å². The molecule has 1 spiro atoms. The molecule has 3 heterocycles. The van der Waals surface area contributed by atoms with E-state index >= 15 is 0 Å². The number of nitrogens with one attached hydrogen (secondary N) is 1. The van der Waals surface area contributed by atoms with E-state index in [0.717, 1.165) is 43.7 Å². The first-order valence-electron chi connectivity index (χ1n) is 10.2. The molecule has 170 valence electrons. The predicted octanol–water partition coefficient (Wildman–Crippen LogP) is 4.26. The summed E-state index contributed by atoms with van der Waals surface area (Å²) >= 11 is 1.00. The number of carbonyl (C=O) groups is 1. The monoisotopic (exact) mass is 457 g/mol. The lowest BCUT2D eigenvalue weighted by atomic mass is 9.65. The maximum absolute atomic E-state index is 12.8. The van der Waals surface area contributed by atoms with Gasteiger partial charge in [0.2, 0.25) is 5.95 Å². The third kappa shape index (κ3) is 4.97. The van der Waals surface area contributed by atoms with Crippen LogP contribution in [0.1, 0.15) is 44.9 Å². The highest BCUT2D eigenvalue weighted by Crippen LogP contribution is 2.50. The smallest absolute Gasteiger partial charge is 0.407 e. The Labute approximate surface area is 182 Å². The minimum atomic E-state index is -4.28. The van der Waals surface area contributed by atoms with Crippen molar-refractivity contribution in [2.45, 2.75) is 64.3 Å². The van der Waals surface area contributed by atoms with Gasteiger partial charge >= 0.3 is 12.3 Å². The van der Waals surface area contributed by atoms with Gasteiger partial charge in [0.05, 0.1) is 11.8 Å². The molecular weight excluding hydrogens is 431 g/mol. The summed E-state index contributed by atoms with van der Waals surface area (Å²) in [6.45, 7) is 6.91. The summed E-state index contributed by atoms with van der Waals surface area (Å²) in [5, 5.41) is 3.52. The first-order chi connectivity index (χ1) is 14.3. The summed E-state index contributed by atoms with van der Waals surface area (Å²) in [5.41, 5.74) is 5.35. The van der Waals surface area contributed by atoms with Crippen LogP contribution in [-0.2, 0) is 11.2 Å². The molecule has 2 aromatic heterocycles. The van der Waals surface area contributed by atoms with Gasteiger partial charge in [-0.25, -0.2) is 9.78 Å². The lowest BCUT2D eigenvalue weighted by molar-refractivity contribution is -0.126. The number of fused-ring (bicyclic) bond motifs is 1. The number of thiophene rings is 1. The molecule has 1 saturated carbocycles. The van der Waals surface area contributed by atoms with Gasteiger partial charge in [-0.1, -0.05) is 0 Å². The predicted molar refractivity (Wildman–Crippen MR) is 113 cm³/mol. The second-order valence-corrected chi connectivity index (χ2v) is 10.7. The van der Waals surface area contributed by atoms with Gasteiger partial charge in [-0.15, -0.1) is 11.3 Å². The molecule has 0 unspecified atom stereocenters. The zero-order valence-electron chi connectivity index (χ0n) is 17.7. The summed E-state index contributed by atoms with van der Waals surface area (Å²) in [5.74, 6) is 0.648. The van der Waals surface area contributed by atoms with E-state index in [0.29, 0.717) is 16.0 Å². The fourth-order valence-electron chi connectivity index (χ4n) is 4.51. The molecule has 2 fully saturated rings. The third-order valence-electron chi connectivity index (χ3n) is 5.63. The number of anilines is 2. The Morgan fingerprint density at radius 1 is 1.35 bits per heavy atom. The van der Waals surface area contributed by atoms with Gasteiger partial charge in [-0.2, -0.15) is 18.2 Å². The number of hydrogen-bond donors (Lipinski definition) is 2. The first kappa shape index (κ1) is 21.9. The van der Waals surface area contributed by atoms with Crippen LogP contribution in [0.25, 0.3) is 10.2 Å². The van der Waals surface area contributed by atoms with Crippen LogP contribution >= 0.6 is 11.3 Å². The number of nitrogens with zero attached hydrogens (tertiary/aromatic N) is 3. The van der Waals surface area contributed by atoms with Crippen molar-refractivity contribution in [3.8, 4) is 0 Å². The maximum Gasteiger partial charge on any atom is 0.407 e. The number of nitrogens with two attached hydrogens (primary N) is 1. The van der Waals surface area contributed by atoms with E-state index in [1.807, 2.05) is 20.8 Å². The number of rotatable bonds is 3. The van der Waals surface area contributed by atoms with E-state index in [4.69, 9.17) is 10.5 Å². The van der Waals surface area contributed by atoms with Crippen molar-refractivity contribution in [3.63, 3.8) is 0 Å². The van der Waals surface area contributed by atoms with Crippen molar-refractivity contribution >= 4 is 39.4 Å². The zero-order chi connectivity index (χ0) is 22.6. The maximum atomic E-state index is 12.8. The zero-order valence-corrected chi connectivity index (χ0v) is 18.5. The van der Waals surface area contributed by atoms with Crippen molar-refractivity contribution in [1.29, 1.82) is 0 Å². The molecule has 1 amide bonds. The van der Waals surface area contributed by atoms with E-state index in [-0.39, 0.29) is 22.3 Å². The van der Waals surface area contributed by atoms with Crippen molar-refractivity contribution in [2.24, 2.45) is 5.41 Å². The molecule has 0 atom stereocenters. The Balaban J connectivity index is 1.44. The molecule has 0 radical (unpaired) electrons. The third-order valence-corrected chi connectivity index (χ3v) is 6.66. The number of ether oxygens (including phenoxy) is 1. The molecule has 1 aliphatic carbocycles. The molecule has 31 heavy (non-hydrogen) atoms. The molecular formula is C20H26F3N5O2S. The highest BCUT2D eigenvalue weighted by molar-refractivity contribution is 7.18. The minimum Gasteiger partial charge on any atom is -0.444 e. The van der Waals surface area contributed by atoms with Crippen molar-refractivity contribution in [3.05, 3.63) is 10.9 Å². The Morgan fingerprint density at radius 2 is 2.06 bits per heavy atom. The quantitative estimate of drug-likeness (QED) is 0.715. The molecule has 0 aromatic carbocycles. The second kappa shape index (κ2) is 7.39. The fourth-order valence-corrected chi connectivity index (χ4v) is 5.57. The van der Waals surface area contributed by atoms with Gasteiger partial charge in [0.25, 0.3) is 0 Å². The summed E-state index contributed by atoms with van der Waals surface area (Å²) in [4.78, 5) is 23.2. The molecule has 7 nitrogen and oxygen atoms in total. The Morgan fingerprint density at radius 3 is 2.71 bits per heavy atom. The van der Waals surface area contributed by atoms with Gasteiger partial charge in [-0.3, -0.25) is 0 Å². The lowest BCUT2D eigenvalue weighted by Gasteiger charge is -2.45. The Hall–Kier alpha value is -2.30. The fraction of sp³-hybridized carbons (Fsp3) is 0.650. The van der Waals surface area contributed by atoms with E-state index in [9.17, 15) is 18.0 Å². The normalized spacial score (nSPS) is 23.9. The SMILES string of the molecule is CC(C)(C)OC(=O)NC1CC2(CCN(c3nc(N)nc4sc(CC(F)(F)F)cc34)C2)C1. The molecule has 3 N–H and O–H groups in total. The van der Waals surface area contributed by atoms with Crippen LogP contribution in [0.3, 0.4) is 0 Å². The van der Waals surface area contributed by atoms with Crippen LogP contribution in [-0.4, -0.2) is 47.0 Å². The standard InChI is InChI=1S/C20H26F3N5O2S/c1-18(2,3)30-17(29)25-11-7-19(8-11)4-5-28(10-19)14-13-6-12(9-20(21,22)23)31-15(13)27-16(24)26-14/h6,11H,4-5,7-10H2,1-3H3,(H,25,29)(H2,24,26,27). The topological polar surface area (TPSA) is 93.4 Å². The van der Waals surface area contributed by atoms with E-state index in [1.165, 1.54) is 6.07 Å². The van der Waals surface area contributed by atoms with E-state index < -0.39 is 24.3 Å². The molecule has 11 heteroatoms. The molecule has 1 saturated heterocycles. The number of aromatic nitrogens is 2. The molecule has 2 aromatic rings. The number of alkyl carbamates (subject to hydrolysis) is 1. The summed E-state index contributed by atoms with van der Waals surface area (Å²) in [6.07, 6.45) is -3.10. The number of amides is 1. The van der Waals surface area contributed by atoms with Crippen molar-refractivity contribution in [1.82, 2.24) is 15.3 Å². The molecule has 2 aliphatic rings. The van der Waals surface area contributed by atoms with Crippen LogP contribution in [0.2, 0.25) is 0 Å². The number of halogens is 3. The Kier molecular flexibility index (Phi) is 5.22. The van der Waals surface area contributed by atoms with Crippen LogP contribution in [0.5, 0.6) is 0 Å². The summed E-state index contributed by atoms with van der Waals surface area (Å²) in [6, 6.07) is 1.59. The van der Waals surface area contributed by atoms with Crippen LogP contribution in [0.4, 0.5) is 29.7 Å². The average Bonchev–Trinajstić information content (AvgIpc) is 3.14. The van der Waals surface area contributed by atoms with Crippen molar-refractivity contribution in [2.75, 3.05) is 23.7 Å². The van der Waals surface area contributed by atoms with Crippen LogP contribution in [0, 0.1) is 5.41 Å².